The Morgan fingerprint density at radius 2 is 2.00 bits per heavy atom. The molecule has 0 aromatic heterocycles. The normalized spacial score (nSPS) is 13.8. The first-order valence-electron chi connectivity index (χ1n) is 6.36. The fraction of sp³-hybridized carbons (Fsp3) is 0.312. The van der Waals surface area contributed by atoms with Crippen molar-refractivity contribution in [2.45, 2.75) is 19.4 Å². The van der Waals surface area contributed by atoms with Gasteiger partial charge in [-0.3, -0.25) is 0 Å². The molecular weight excluding hydrogens is 238 g/mol. The van der Waals surface area contributed by atoms with Crippen LogP contribution in [-0.2, 0) is 0 Å². The molecule has 0 aliphatic heterocycles. The Morgan fingerprint density at radius 1 is 1.26 bits per heavy atom. The molecule has 2 atom stereocenters. The summed E-state index contributed by atoms with van der Waals surface area (Å²) in [6.07, 6.45) is -0.236. The van der Waals surface area contributed by atoms with Gasteiger partial charge >= 0.3 is 0 Å². The van der Waals surface area contributed by atoms with Gasteiger partial charge in [0, 0.05) is 5.56 Å². The maximum Gasteiger partial charge on any atom is 0.125 e. The summed E-state index contributed by atoms with van der Waals surface area (Å²) in [6.45, 7) is 1.90. The van der Waals surface area contributed by atoms with Crippen LogP contribution >= 0.6 is 0 Å². The van der Waals surface area contributed by atoms with Gasteiger partial charge in [-0.25, -0.2) is 0 Å². The molecule has 2 rings (SSSR count). The van der Waals surface area contributed by atoms with Crippen molar-refractivity contribution < 1.29 is 9.84 Å². The van der Waals surface area contributed by atoms with Gasteiger partial charge in [-0.15, -0.1) is 0 Å². The number of nitrogens with zero attached hydrogens (tertiary/aromatic N) is 1. The molecule has 0 heterocycles. The summed E-state index contributed by atoms with van der Waals surface area (Å²) >= 11 is 0. The van der Waals surface area contributed by atoms with Crippen LogP contribution in [0.4, 0.5) is 0 Å². The van der Waals surface area contributed by atoms with Gasteiger partial charge in [0.05, 0.1) is 25.2 Å². The topological polar surface area (TPSA) is 53.2 Å². The maximum absolute atomic E-state index is 10.5. The van der Waals surface area contributed by atoms with E-state index in [1.165, 1.54) is 0 Å². The van der Waals surface area contributed by atoms with Gasteiger partial charge in [-0.05, 0) is 23.3 Å². The van der Waals surface area contributed by atoms with E-state index in [9.17, 15) is 5.11 Å². The van der Waals surface area contributed by atoms with E-state index in [1.807, 2.05) is 43.3 Å². The third-order valence-corrected chi connectivity index (χ3v) is 3.43. The minimum Gasteiger partial charge on any atom is -0.496 e. The van der Waals surface area contributed by atoms with E-state index in [0.29, 0.717) is 17.7 Å². The van der Waals surface area contributed by atoms with E-state index < -0.39 is 12.0 Å². The van der Waals surface area contributed by atoms with Crippen LogP contribution in [0.15, 0.2) is 36.4 Å². The van der Waals surface area contributed by atoms with Crippen LogP contribution < -0.4 is 4.74 Å². The van der Waals surface area contributed by atoms with Crippen LogP contribution in [-0.4, -0.2) is 12.2 Å². The summed E-state index contributed by atoms with van der Waals surface area (Å²) in [4.78, 5) is 0. The van der Waals surface area contributed by atoms with E-state index in [4.69, 9.17) is 10.00 Å². The molecule has 0 saturated heterocycles. The largest absolute Gasteiger partial charge is 0.496 e. The summed E-state index contributed by atoms with van der Waals surface area (Å²) in [5.74, 6) is 0.194. The molecule has 3 nitrogen and oxygen atoms in total. The van der Waals surface area contributed by atoms with Gasteiger partial charge in [-0.1, -0.05) is 37.3 Å². The summed E-state index contributed by atoms with van der Waals surface area (Å²) in [7, 11) is 1.58. The highest BCUT2D eigenvalue weighted by Gasteiger charge is 2.24. The van der Waals surface area contributed by atoms with Crippen molar-refractivity contribution in [2.24, 2.45) is 5.92 Å². The lowest BCUT2D eigenvalue weighted by molar-refractivity contribution is 0.131. The number of nitriles is 1. The maximum atomic E-state index is 10.5. The van der Waals surface area contributed by atoms with Crippen molar-refractivity contribution in [1.29, 1.82) is 5.26 Å². The number of methoxy groups -OCH3 is 1. The predicted molar refractivity (Wildman–Crippen MR) is 74.9 cm³/mol. The summed E-state index contributed by atoms with van der Waals surface area (Å²) < 4.78 is 5.34. The van der Waals surface area contributed by atoms with Gasteiger partial charge in [0.15, 0.2) is 0 Å². The number of aliphatic hydroxyl groups excluding tert-OH is 1. The van der Waals surface area contributed by atoms with Crippen molar-refractivity contribution in [3.8, 4) is 11.8 Å². The predicted octanol–water partition coefficient (Wildman–Crippen LogP) is 3.43. The Labute approximate surface area is 113 Å². The fourth-order valence-corrected chi connectivity index (χ4v) is 2.35. The number of rotatable bonds is 4. The Morgan fingerprint density at radius 3 is 2.63 bits per heavy atom. The number of hydrogen-bond acceptors (Lipinski definition) is 3. The molecule has 0 fully saturated rings. The smallest absolute Gasteiger partial charge is 0.125 e. The summed E-state index contributed by atoms with van der Waals surface area (Å²) in [5, 5.41) is 21.6. The third-order valence-electron chi connectivity index (χ3n) is 3.43. The molecular formula is C16H17NO2. The number of hydrogen-bond donors (Lipinski definition) is 1. The van der Waals surface area contributed by atoms with Crippen LogP contribution in [0.1, 0.15) is 25.0 Å². The van der Waals surface area contributed by atoms with Crippen molar-refractivity contribution in [2.75, 3.05) is 7.11 Å². The zero-order valence-corrected chi connectivity index (χ0v) is 11.1. The standard InChI is InChI=1S/C16H17NO2/c1-3-11(10-17)16(18)15-13-7-5-4-6-12(13)8-9-14(15)19-2/h4-9,11,16,18H,3H2,1-2H3. The van der Waals surface area contributed by atoms with Crippen molar-refractivity contribution in [1.82, 2.24) is 0 Å². The van der Waals surface area contributed by atoms with Crippen LogP contribution in [0, 0.1) is 17.2 Å². The van der Waals surface area contributed by atoms with E-state index in [2.05, 4.69) is 6.07 Å². The lowest BCUT2D eigenvalue weighted by Crippen LogP contribution is -2.11. The molecule has 2 aromatic rings. The Hall–Kier alpha value is -2.05. The molecule has 0 bridgehead atoms. The van der Waals surface area contributed by atoms with Gasteiger partial charge < -0.3 is 9.84 Å². The van der Waals surface area contributed by atoms with Crippen LogP contribution in [0.2, 0.25) is 0 Å². The number of fused-ring (bicyclic) bond motifs is 1. The van der Waals surface area contributed by atoms with Gasteiger partial charge in [0.2, 0.25) is 0 Å². The van der Waals surface area contributed by atoms with E-state index in [1.54, 1.807) is 7.11 Å². The third kappa shape index (κ3) is 2.40. The Bertz CT molecular complexity index is 616. The first-order valence-corrected chi connectivity index (χ1v) is 6.36. The minimum absolute atomic E-state index is 0.431. The zero-order chi connectivity index (χ0) is 13.8. The molecule has 0 spiro atoms. The monoisotopic (exact) mass is 255 g/mol. The first kappa shape index (κ1) is 13.4. The quantitative estimate of drug-likeness (QED) is 0.910. The van der Waals surface area contributed by atoms with Crippen molar-refractivity contribution in [3.63, 3.8) is 0 Å². The molecule has 0 aliphatic carbocycles. The van der Waals surface area contributed by atoms with E-state index >= 15 is 0 Å². The molecule has 0 radical (unpaired) electrons. The van der Waals surface area contributed by atoms with Crippen LogP contribution in [0.25, 0.3) is 10.8 Å². The van der Waals surface area contributed by atoms with Crippen molar-refractivity contribution >= 4 is 10.8 Å². The lowest BCUT2D eigenvalue weighted by Gasteiger charge is -2.20. The number of ether oxygens (including phenoxy) is 1. The van der Waals surface area contributed by atoms with E-state index in [0.717, 1.165) is 10.8 Å². The molecule has 0 saturated carbocycles. The van der Waals surface area contributed by atoms with Gasteiger partial charge in [0.1, 0.15) is 5.75 Å². The second-order valence-electron chi connectivity index (χ2n) is 4.49. The first-order chi connectivity index (χ1) is 9.22. The Kier molecular flexibility index (Phi) is 4.03. The minimum atomic E-state index is -0.837. The highest BCUT2D eigenvalue weighted by Crippen LogP contribution is 2.37. The average Bonchev–Trinajstić information content (AvgIpc) is 2.47. The SMILES string of the molecule is CCC(C#N)C(O)c1c(OC)ccc2ccccc12. The van der Waals surface area contributed by atoms with Crippen LogP contribution in [0.3, 0.4) is 0 Å². The van der Waals surface area contributed by atoms with Gasteiger partial charge in [-0.2, -0.15) is 5.26 Å². The molecule has 0 aliphatic rings. The molecule has 98 valence electrons. The summed E-state index contributed by atoms with van der Waals surface area (Å²) in [6, 6.07) is 13.8. The number of aliphatic hydroxyl groups is 1. The molecule has 1 N–H and O–H groups in total. The second kappa shape index (κ2) is 5.73. The molecule has 0 amide bonds. The molecule has 3 heteroatoms. The molecule has 19 heavy (non-hydrogen) atoms. The summed E-state index contributed by atoms with van der Waals surface area (Å²) in [5.41, 5.74) is 0.703. The highest BCUT2D eigenvalue weighted by atomic mass is 16.5. The molecule has 2 unspecified atom stereocenters. The fourth-order valence-electron chi connectivity index (χ4n) is 2.35. The zero-order valence-electron chi connectivity index (χ0n) is 11.1. The lowest BCUT2D eigenvalue weighted by atomic mass is 9.90. The van der Waals surface area contributed by atoms with Crippen molar-refractivity contribution in [3.05, 3.63) is 42.0 Å². The van der Waals surface area contributed by atoms with Gasteiger partial charge in [0.25, 0.3) is 0 Å². The highest BCUT2D eigenvalue weighted by molar-refractivity contribution is 5.88. The van der Waals surface area contributed by atoms with E-state index in [-0.39, 0.29) is 0 Å². The average molecular weight is 255 g/mol. The Balaban J connectivity index is 2.65. The molecule has 2 aromatic carbocycles. The second-order valence-corrected chi connectivity index (χ2v) is 4.49. The van der Waals surface area contributed by atoms with Crippen LogP contribution in [0.5, 0.6) is 5.75 Å². The number of benzene rings is 2.